The van der Waals surface area contributed by atoms with Crippen LogP contribution in [0.5, 0.6) is 0 Å². The molecular formula is C18H29N. The Morgan fingerprint density at radius 2 is 1.79 bits per heavy atom. The first-order valence-corrected chi connectivity index (χ1v) is 8.00. The van der Waals surface area contributed by atoms with Crippen molar-refractivity contribution in [1.82, 2.24) is 5.32 Å². The van der Waals surface area contributed by atoms with Gasteiger partial charge in [0.15, 0.2) is 0 Å². The topological polar surface area (TPSA) is 12.0 Å². The summed E-state index contributed by atoms with van der Waals surface area (Å²) in [5, 5.41) is 3.90. The van der Waals surface area contributed by atoms with Gasteiger partial charge in [-0.1, -0.05) is 52.0 Å². The standard InChI is InChI=1S/C18H29N/c1-5-15-8-10-16(11-9-15)17(6-2)19-18-12-7-13(3)14(18)4/h8-11,13-14,17-19H,5-7,12H2,1-4H3. The van der Waals surface area contributed by atoms with Gasteiger partial charge in [-0.25, -0.2) is 0 Å². The van der Waals surface area contributed by atoms with Gasteiger partial charge in [-0.15, -0.1) is 0 Å². The van der Waals surface area contributed by atoms with Crippen LogP contribution in [0, 0.1) is 11.8 Å². The predicted octanol–water partition coefficient (Wildman–Crippen LogP) is 4.72. The molecule has 1 aliphatic carbocycles. The first-order valence-electron chi connectivity index (χ1n) is 8.00. The van der Waals surface area contributed by atoms with Crippen molar-refractivity contribution < 1.29 is 0 Å². The summed E-state index contributed by atoms with van der Waals surface area (Å²) in [5.74, 6) is 1.68. The number of hydrogen-bond acceptors (Lipinski definition) is 1. The van der Waals surface area contributed by atoms with Crippen LogP contribution in [0.15, 0.2) is 24.3 Å². The van der Waals surface area contributed by atoms with Crippen LogP contribution >= 0.6 is 0 Å². The molecule has 4 unspecified atom stereocenters. The van der Waals surface area contributed by atoms with E-state index in [1.165, 1.54) is 30.4 Å². The van der Waals surface area contributed by atoms with Crippen molar-refractivity contribution in [3.05, 3.63) is 35.4 Å². The zero-order chi connectivity index (χ0) is 13.8. The zero-order valence-electron chi connectivity index (χ0n) is 12.9. The Morgan fingerprint density at radius 1 is 1.11 bits per heavy atom. The summed E-state index contributed by atoms with van der Waals surface area (Å²) in [6.45, 7) is 9.30. The molecule has 1 heteroatoms. The van der Waals surface area contributed by atoms with Crippen molar-refractivity contribution in [1.29, 1.82) is 0 Å². The highest BCUT2D eigenvalue weighted by Crippen LogP contribution is 2.33. The molecule has 1 N–H and O–H groups in total. The molecule has 0 saturated heterocycles. The summed E-state index contributed by atoms with van der Waals surface area (Å²) in [5.41, 5.74) is 2.88. The third-order valence-corrected chi connectivity index (χ3v) is 5.08. The highest BCUT2D eigenvalue weighted by Gasteiger charge is 2.30. The lowest BCUT2D eigenvalue weighted by Gasteiger charge is -2.26. The monoisotopic (exact) mass is 259 g/mol. The van der Waals surface area contributed by atoms with Gasteiger partial charge in [-0.2, -0.15) is 0 Å². The predicted molar refractivity (Wildman–Crippen MR) is 83.3 cm³/mol. The van der Waals surface area contributed by atoms with Gasteiger partial charge in [-0.3, -0.25) is 0 Å². The first kappa shape index (κ1) is 14.6. The first-order chi connectivity index (χ1) is 9.15. The van der Waals surface area contributed by atoms with Crippen LogP contribution in [0.4, 0.5) is 0 Å². The number of rotatable bonds is 5. The van der Waals surface area contributed by atoms with Gasteiger partial charge >= 0.3 is 0 Å². The minimum atomic E-state index is 0.517. The van der Waals surface area contributed by atoms with Crippen LogP contribution in [0.2, 0.25) is 0 Å². The number of hydrogen-bond donors (Lipinski definition) is 1. The minimum absolute atomic E-state index is 0.517. The second-order valence-electron chi connectivity index (χ2n) is 6.24. The highest BCUT2D eigenvalue weighted by molar-refractivity contribution is 5.25. The molecule has 0 amide bonds. The van der Waals surface area contributed by atoms with Crippen molar-refractivity contribution in [2.24, 2.45) is 11.8 Å². The normalized spacial score (nSPS) is 28.5. The molecule has 2 rings (SSSR count). The van der Waals surface area contributed by atoms with E-state index in [1.807, 2.05) is 0 Å². The molecule has 0 heterocycles. The molecule has 0 aromatic heterocycles. The minimum Gasteiger partial charge on any atom is -0.307 e. The van der Waals surface area contributed by atoms with Gasteiger partial charge in [0.1, 0.15) is 0 Å². The maximum atomic E-state index is 3.90. The maximum Gasteiger partial charge on any atom is 0.0320 e. The quantitative estimate of drug-likeness (QED) is 0.806. The molecule has 1 saturated carbocycles. The van der Waals surface area contributed by atoms with Crippen LogP contribution in [-0.4, -0.2) is 6.04 Å². The Bertz CT molecular complexity index is 381. The molecule has 1 aliphatic rings. The number of nitrogens with one attached hydrogen (secondary N) is 1. The smallest absolute Gasteiger partial charge is 0.0320 e. The SMILES string of the molecule is CCc1ccc(C(CC)NC2CCC(C)C2C)cc1. The molecule has 1 aromatic carbocycles. The maximum absolute atomic E-state index is 3.90. The van der Waals surface area contributed by atoms with E-state index < -0.39 is 0 Å². The van der Waals surface area contributed by atoms with Crippen LogP contribution in [0.1, 0.15) is 64.1 Å². The third kappa shape index (κ3) is 3.39. The van der Waals surface area contributed by atoms with Crippen molar-refractivity contribution in [2.75, 3.05) is 0 Å². The highest BCUT2D eigenvalue weighted by atomic mass is 15.0. The van der Waals surface area contributed by atoms with Crippen LogP contribution < -0.4 is 5.32 Å². The van der Waals surface area contributed by atoms with E-state index in [0.717, 1.165) is 18.3 Å². The molecule has 1 nitrogen and oxygen atoms in total. The van der Waals surface area contributed by atoms with Gasteiger partial charge in [0, 0.05) is 12.1 Å². The summed E-state index contributed by atoms with van der Waals surface area (Å²) in [4.78, 5) is 0. The fraction of sp³-hybridized carbons (Fsp3) is 0.667. The lowest BCUT2D eigenvalue weighted by molar-refractivity contribution is 0.335. The molecule has 0 spiro atoms. The van der Waals surface area contributed by atoms with Gasteiger partial charge in [0.2, 0.25) is 0 Å². The van der Waals surface area contributed by atoms with E-state index in [-0.39, 0.29) is 0 Å². The van der Waals surface area contributed by atoms with E-state index in [9.17, 15) is 0 Å². The summed E-state index contributed by atoms with van der Waals surface area (Å²) < 4.78 is 0. The summed E-state index contributed by atoms with van der Waals surface area (Å²) >= 11 is 0. The molecule has 4 atom stereocenters. The van der Waals surface area contributed by atoms with E-state index in [2.05, 4.69) is 57.3 Å². The number of benzene rings is 1. The molecular weight excluding hydrogens is 230 g/mol. The molecule has 1 aromatic rings. The average Bonchev–Trinajstić information content (AvgIpc) is 2.76. The number of aryl methyl sites for hydroxylation is 1. The average molecular weight is 259 g/mol. The van der Waals surface area contributed by atoms with E-state index in [0.29, 0.717) is 12.1 Å². The Labute approximate surface area is 118 Å². The Hall–Kier alpha value is -0.820. The van der Waals surface area contributed by atoms with Crippen molar-refractivity contribution in [2.45, 2.75) is 65.5 Å². The van der Waals surface area contributed by atoms with E-state index in [1.54, 1.807) is 0 Å². The van der Waals surface area contributed by atoms with Gasteiger partial charge < -0.3 is 5.32 Å². The third-order valence-electron chi connectivity index (χ3n) is 5.08. The van der Waals surface area contributed by atoms with E-state index in [4.69, 9.17) is 0 Å². The molecule has 106 valence electrons. The van der Waals surface area contributed by atoms with Crippen molar-refractivity contribution >= 4 is 0 Å². The lowest BCUT2D eigenvalue weighted by atomic mass is 9.95. The van der Waals surface area contributed by atoms with E-state index >= 15 is 0 Å². The summed E-state index contributed by atoms with van der Waals surface area (Å²) in [6.07, 6.45) is 5.01. The van der Waals surface area contributed by atoms with Crippen LogP contribution in [0.25, 0.3) is 0 Å². The molecule has 19 heavy (non-hydrogen) atoms. The Balaban J connectivity index is 2.03. The summed E-state index contributed by atoms with van der Waals surface area (Å²) in [6, 6.07) is 10.4. The van der Waals surface area contributed by atoms with Crippen LogP contribution in [0.3, 0.4) is 0 Å². The molecule has 0 radical (unpaired) electrons. The molecule has 1 fully saturated rings. The largest absolute Gasteiger partial charge is 0.307 e. The second-order valence-corrected chi connectivity index (χ2v) is 6.24. The Morgan fingerprint density at radius 3 is 2.26 bits per heavy atom. The van der Waals surface area contributed by atoms with Crippen molar-refractivity contribution in [3.63, 3.8) is 0 Å². The van der Waals surface area contributed by atoms with Crippen molar-refractivity contribution in [3.8, 4) is 0 Å². The molecule has 0 aliphatic heterocycles. The van der Waals surface area contributed by atoms with Gasteiger partial charge in [0.25, 0.3) is 0 Å². The summed E-state index contributed by atoms with van der Waals surface area (Å²) in [7, 11) is 0. The fourth-order valence-corrected chi connectivity index (χ4v) is 3.29. The van der Waals surface area contributed by atoms with Crippen LogP contribution in [-0.2, 0) is 6.42 Å². The van der Waals surface area contributed by atoms with Gasteiger partial charge in [0.05, 0.1) is 0 Å². The second kappa shape index (κ2) is 6.56. The van der Waals surface area contributed by atoms with Gasteiger partial charge in [-0.05, 0) is 48.6 Å². The zero-order valence-corrected chi connectivity index (χ0v) is 12.9. The molecule has 0 bridgehead atoms. The lowest BCUT2D eigenvalue weighted by Crippen LogP contribution is -2.35. The Kier molecular flexibility index (Phi) is 5.04. The fourth-order valence-electron chi connectivity index (χ4n) is 3.29.